The van der Waals surface area contributed by atoms with Gasteiger partial charge in [0.25, 0.3) is 0 Å². The van der Waals surface area contributed by atoms with E-state index in [0.29, 0.717) is 33.2 Å². The van der Waals surface area contributed by atoms with Crippen LogP contribution in [0.2, 0.25) is 5.28 Å². The van der Waals surface area contributed by atoms with Crippen molar-refractivity contribution in [3.63, 3.8) is 0 Å². The normalized spacial score (nSPS) is 11.0. The van der Waals surface area contributed by atoms with Gasteiger partial charge in [0, 0.05) is 39.2 Å². The van der Waals surface area contributed by atoms with Gasteiger partial charge in [-0.3, -0.25) is 0 Å². The molecule has 8 heteroatoms. The second-order valence-electron chi connectivity index (χ2n) is 5.37. The Morgan fingerprint density at radius 1 is 1.40 bits per heavy atom. The molecule has 128 valence electrons. The Labute approximate surface area is 167 Å². The molecule has 0 spiro atoms. The maximum atomic E-state index is 13.0. The van der Waals surface area contributed by atoms with Crippen molar-refractivity contribution in [3.05, 3.63) is 62.0 Å². The lowest BCUT2D eigenvalue weighted by molar-refractivity contribution is -0.668. The minimum Gasteiger partial charge on any atom is -0.240 e. The molecule has 2 heterocycles. The van der Waals surface area contributed by atoms with E-state index < -0.39 is 0 Å². The predicted octanol–water partition coefficient (Wildman–Crippen LogP) is 3.75. The monoisotopic (exact) mass is 454 g/mol. The Balaban J connectivity index is 2.24. The van der Waals surface area contributed by atoms with Crippen LogP contribution in [0.4, 0.5) is 0 Å². The molecule has 0 unspecified atom stereocenters. The Morgan fingerprint density at radius 3 is 2.84 bits per heavy atom. The maximum Gasteiger partial charge on any atom is 0.358 e. The van der Waals surface area contributed by atoms with Crippen LogP contribution >= 0.6 is 51.5 Å². The van der Waals surface area contributed by atoms with E-state index in [-0.39, 0.29) is 12.1 Å². The van der Waals surface area contributed by atoms with Crippen LogP contribution in [0.25, 0.3) is 10.2 Å². The number of benzene rings is 1. The van der Waals surface area contributed by atoms with Gasteiger partial charge in [-0.2, -0.15) is 22.5 Å². The van der Waals surface area contributed by atoms with E-state index >= 15 is 0 Å². The highest BCUT2D eigenvalue weighted by Crippen LogP contribution is 2.24. The molecule has 0 saturated heterocycles. The third-order valence-electron chi connectivity index (χ3n) is 3.86. The van der Waals surface area contributed by atoms with Crippen molar-refractivity contribution >= 4 is 61.7 Å². The van der Waals surface area contributed by atoms with E-state index in [1.807, 2.05) is 22.8 Å². The molecule has 0 atom stereocenters. The topological polar surface area (TPSA) is 49.7 Å². The maximum absolute atomic E-state index is 13.0. The summed E-state index contributed by atoms with van der Waals surface area (Å²) in [5, 5.41) is 10.3. The van der Waals surface area contributed by atoms with Crippen LogP contribution in [-0.2, 0) is 18.4 Å². The van der Waals surface area contributed by atoms with Gasteiger partial charge in [0.1, 0.15) is 13.1 Å². The standard InChI is InChI=1S/C17H13BrClN3OS2/c18-8-13-7-14-15(25-13)16(23)22(17(19)21(14)5-6-24)10-12-4-2-1-3-11(12)9-20/h1-4,7H,5-6,8,10H2/p+1. The summed E-state index contributed by atoms with van der Waals surface area (Å²) in [6.07, 6.45) is 0. The summed E-state index contributed by atoms with van der Waals surface area (Å²) in [6.45, 7) is 0.850. The molecular formula is C17H14BrClN3OS2+. The summed E-state index contributed by atoms with van der Waals surface area (Å²) in [5.74, 6) is 0.603. The first-order chi connectivity index (χ1) is 12.1. The molecule has 0 bridgehead atoms. The minimum atomic E-state index is -0.139. The average Bonchev–Trinajstić information content (AvgIpc) is 3.07. The molecule has 0 saturated carbocycles. The lowest BCUT2D eigenvalue weighted by Crippen LogP contribution is -2.43. The molecule has 1 aromatic carbocycles. The fourth-order valence-electron chi connectivity index (χ4n) is 2.69. The largest absolute Gasteiger partial charge is 0.358 e. The van der Waals surface area contributed by atoms with Crippen LogP contribution < -0.4 is 10.1 Å². The fraction of sp³-hybridized carbons (Fsp3) is 0.235. The SMILES string of the molecule is N#Cc1ccccc1Cn1c(Cl)[n+](CCS)c2cc(CBr)sc2c1=O. The van der Waals surface area contributed by atoms with Crippen LogP contribution in [0.1, 0.15) is 16.0 Å². The van der Waals surface area contributed by atoms with Crippen LogP contribution in [0.3, 0.4) is 0 Å². The molecular weight excluding hydrogens is 442 g/mol. The summed E-state index contributed by atoms with van der Waals surface area (Å²) in [6, 6.07) is 11.4. The number of nitriles is 1. The zero-order chi connectivity index (χ0) is 18.0. The second kappa shape index (κ2) is 7.92. The van der Waals surface area contributed by atoms with Gasteiger partial charge in [-0.25, -0.2) is 9.36 Å². The van der Waals surface area contributed by atoms with Crippen molar-refractivity contribution in [2.24, 2.45) is 0 Å². The van der Waals surface area contributed by atoms with E-state index in [9.17, 15) is 10.1 Å². The molecule has 0 aliphatic heterocycles. The number of hydrogen-bond donors (Lipinski definition) is 1. The van der Waals surface area contributed by atoms with Gasteiger partial charge in [-0.15, -0.1) is 11.3 Å². The van der Waals surface area contributed by atoms with Crippen LogP contribution in [0.5, 0.6) is 0 Å². The Hall–Kier alpha value is -1.33. The average molecular weight is 456 g/mol. The van der Waals surface area contributed by atoms with Gasteiger partial charge < -0.3 is 0 Å². The fourth-order valence-corrected chi connectivity index (χ4v) is 4.67. The van der Waals surface area contributed by atoms with Gasteiger partial charge in [0.05, 0.1) is 11.6 Å². The first kappa shape index (κ1) is 18.5. The van der Waals surface area contributed by atoms with E-state index in [2.05, 4.69) is 34.6 Å². The van der Waals surface area contributed by atoms with Gasteiger partial charge in [0.15, 0.2) is 10.2 Å². The zero-order valence-corrected chi connectivity index (χ0v) is 17.1. The number of nitrogens with zero attached hydrogens (tertiary/aromatic N) is 3. The highest BCUT2D eigenvalue weighted by atomic mass is 79.9. The zero-order valence-electron chi connectivity index (χ0n) is 13.1. The molecule has 3 rings (SSSR count). The van der Waals surface area contributed by atoms with Crippen molar-refractivity contribution in [2.45, 2.75) is 18.4 Å². The molecule has 2 aromatic heterocycles. The van der Waals surface area contributed by atoms with E-state index in [4.69, 9.17) is 11.6 Å². The predicted molar refractivity (Wildman–Crippen MR) is 108 cm³/mol. The van der Waals surface area contributed by atoms with E-state index in [0.717, 1.165) is 16.0 Å². The van der Waals surface area contributed by atoms with Gasteiger partial charge >= 0.3 is 10.8 Å². The number of aromatic nitrogens is 2. The van der Waals surface area contributed by atoms with Crippen molar-refractivity contribution in [2.75, 3.05) is 5.75 Å². The van der Waals surface area contributed by atoms with Gasteiger partial charge in [-0.1, -0.05) is 34.1 Å². The Bertz CT molecular complexity index is 1040. The van der Waals surface area contributed by atoms with Crippen LogP contribution in [0, 0.1) is 11.3 Å². The molecule has 0 N–H and O–H groups in total. The second-order valence-corrected chi connectivity index (χ2v) is 7.85. The van der Waals surface area contributed by atoms with E-state index in [1.54, 1.807) is 12.1 Å². The lowest BCUT2D eigenvalue weighted by atomic mass is 10.1. The number of fused-ring (bicyclic) bond motifs is 1. The van der Waals surface area contributed by atoms with Gasteiger partial charge in [0.2, 0.25) is 0 Å². The van der Waals surface area contributed by atoms with Crippen molar-refractivity contribution in [1.82, 2.24) is 4.57 Å². The van der Waals surface area contributed by atoms with Crippen molar-refractivity contribution in [3.8, 4) is 6.07 Å². The number of aryl methyl sites for hydroxylation is 1. The molecule has 0 radical (unpaired) electrons. The number of thiophene rings is 1. The number of thiol groups is 1. The highest BCUT2D eigenvalue weighted by Gasteiger charge is 2.25. The number of rotatable bonds is 5. The summed E-state index contributed by atoms with van der Waals surface area (Å²) < 4.78 is 4.09. The molecule has 4 nitrogen and oxygen atoms in total. The van der Waals surface area contributed by atoms with Crippen LogP contribution in [0.15, 0.2) is 35.1 Å². The van der Waals surface area contributed by atoms with E-state index in [1.165, 1.54) is 15.9 Å². The third kappa shape index (κ3) is 3.49. The Kier molecular flexibility index (Phi) is 5.85. The molecule has 0 amide bonds. The molecule has 0 fully saturated rings. The van der Waals surface area contributed by atoms with Crippen LogP contribution in [-0.4, -0.2) is 10.3 Å². The minimum absolute atomic E-state index is 0.139. The highest BCUT2D eigenvalue weighted by molar-refractivity contribution is 9.08. The lowest BCUT2D eigenvalue weighted by Gasteiger charge is -2.08. The summed E-state index contributed by atoms with van der Waals surface area (Å²) in [4.78, 5) is 14.1. The molecule has 0 aliphatic rings. The molecule has 0 aliphatic carbocycles. The first-order valence-corrected chi connectivity index (χ1v) is 10.4. The summed E-state index contributed by atoms with van der Waals surface area (Å²) in [7, 11) is 0. The number of hydrogen-bond acceptors (Lipinski definition) is 4. The van der Waals surface area contributed by atoms with Gasteiger partial charge in [-0.05, 0) is 6.07 Å². The molecule has 25 heavy (non-hydrogen) atoms. The third-order valence-corrected chi connectivity index (χ3v) is 6.56. The van der Waals surface area contributed by atoms with Crippen molar-refractivity contribution < 1.29 is 4.57 Å². The Morgan fingerprint density at radius 2 is 2.16 bits per heavy atom. The first-order valence-electron chi connectivity index (χ1n) is 7.50. The quantitative estimate of drug-likeness (QED) is 0.276. The summed E-state index contributed by atoms with van der Waals surface area (Å²) >= 11 is 15.8. The number of halogens is 2. The summed E-state index contributed by atoms with van der Waals surface area (Å²) in [5.41, 5.74) is 2.00. The number of alkyl halides is 1. The molecule has 3 aromatic rings. The van der Waals surface area contributed by atoms with Crippen molar-refractivity contribution in [1.29, 1.82) is 5.26 Å². The smallest absolute Gasteiger partial charge is 0.240 e.